The van der Waals surface area contributed by atoms with Gasteiger partial charge in [0.25, 0.3) is 0 Å². The van der Waals surface area contributed by atoms with Gasteiger partial charge in [0.15, 0.2) is 6.10 Å². The zero-order valence-electron chi connectivity index (χ0n) is 11.6. The van der Waals surface area contributed by atoms with Gasteiger partial charge in [-0.2, -0.15) is 0 Å². The third-order valence-corrected chi connectivity index (χ3v) is 2.80. The van der Waals surface area contributed by atoms with E-state index in [0.29, 0.717) is 31.9 Å². The van der Waals surface area contributed by atoms with E-state index in [1.54, 1.807) is 0 Å². The van der Waals surface area contributed by atoms with Gasteiger partial charge in [0.2, 0.25) is 5.91 Å². The molecule has 1 fully saturated rings. The van der Waals surface area contributed by atoms with Crippen molar-refractivity contribution in [3.63, 3.8) is 0 Å². The Morgan fingerprint density at radius 2 is 2.05 bits per heavy atom. The molecule has 1 saturated heterocycles. The Kier molecular flexibility index (Phi) is 6.80. The first kappa shape index (κ1) is 15.9. The van der Waals surface area contributed by atoms with Crippen molar-refractivity contribution >= 4 is 11.9 Å². The molecule has 0 aromatic rings. The van der Waals surface area contributed by atoms with Crippen LogP contribution >= 0.6 is 0 Å². The molecular formula is C13H23NO5. The van der Waals surface area contributed by atoms with Crippen LogP contribution < -0.4 is 5.32 Å². The van der Waals surface area contributed by atoms with Crippen LogP contribution in [0.5, 0.6) is 0 Å². The Bertz CT molecular complexity index is 305. The van der Waals surface area contributed by atoms with Crippen molar-refractivity contribution in [1.82, 2.24) is 5.32 Å². The number of hydrogen-bond donors (Lipinski definition) is 2. The number of aliphatic carboxylic acids is 1. The predicted octanol–water partition coefficient (Wildman–Crippen LogP) is 0.797. The summed E-state index contributed by atoms with van der Waals surface area (Å²) in [6.45, 7) is 6.02. The summed E-state index contributed by atoms with van der Waals surface area (Å²) in [7, 11) is 0. The highest BCUT2D eigenvalue weighted by Gasteiger charge is 2.34. The largest absolute Gasteiger partial charge is 0.479 e. The molecule has 2 unspecified atom stereocenters. The number of hydrogen-bond acceptors (Lipinski definition) is 4. The van der Waals surface area contributed by atoms with Crippen molar-refractivity contribution in [3.8, 4) is 0 Å². The Balaban J connectivity index is 2.07. The van der Waals surface area contributed by atoms with E-state index >= 15 is 0 Å². The highest BCUT2D eigenvalue weighted by Crippen LogP contribution is 2.19. The zero-order valence-corrected chi connectivity index (χ0v) is 11.6. The molecule has 6 heteroatoms. The highest BCUT2D eigenvalue weighted by molar-refractivity contribution is 5.82. The van der Waals surface area contributed by atoms with Gasteiger partial charge >= 0.3 is 5.97 Å². The Labute approximate surface area is 113 Å². The van der Waals surface area contributed by atoms with Crippen molar-refractivity contribution in [2.75, 3.05) is 19.8 Å². The lowest BCUT2D eigenvalue weighted by Crippen LogP contribution is -2.36. The van der Waals surface area contributed by atoms with E-state index in [-0.39, 0.29) is 5.91 Å². The topological polar surface area (TPSA) is 84.9 Å². The number of rotatable bonds is 8. The van der Waals surface area contributed by atoms with Gasteiger partial charge in [-0.25, -0.2) is 4.79 Å². The molecule has 2 atom stereocenters. The van der Waals surface area contributed by atoms with Crippen LogP contribution in [0.2, 0.25) is 0 Å². The van der Waals surface area contributed by atoms with Crippen molar-refractivity contribution < 1.29 is 24.2 Å². The minimum Gasteiger partial charge on any atom is -0.479 e. The first-order valence-electron chi connectivity index (χ1n) is 6.74. The molecule has 0 aromatic heterocycles. The molecule has 0 saturated carbocycles. The fourth-order valence-electron chi connectivity index (χ4n) is 1.83. The summed E-state index contributed by atoms with van der Waals surface area (Å²) in [5.41, 5.74) is 0. The first-order chi connectivity index (χ1) is 9.00. The summed E-state index contributed by atoms with van der Waals surface area (Å²) >= 11 is 0. The average Bonchev–Trinajstić information content (AvgIpc) is 2.82. The monoisotopic (exact) mass is 273 g/mol. The normalized spacial score (nSPS) is 22.7. The second-order valence-corrected chi connectivity index (χ2v) is 5.14. The molecule has 0 aromatic carbocycles. The van der Waals surface area contributed by atoms with E-state index in [1.807, 2.05) is 0 Å². The van der Waals surface area contributed by atoms with Crippen LogP contribution in [0, 0.1) is 5.92 Å². The fourth-order valence-corrected chi connectivity index (χ4v) is 1.83. The molecule has 0 radical (unpaired) electrons. The lowest BCUT2D eigenvalue weighted by molar-refractivity contribution is -0.151. The molecule has 0 aliphatic carbocycles. The number of carbonyl (C=O) groups excluding carboxylic acids is 1. The van der Waals surface area contributed by atoms with E-state index in [2.05, 4.69) is 19.2 Å². The molecule has 0 spiro atoms. The maximum absolute atomic E-state index is 11.7. The Morgan fingerprint density at radius 1 is 1.37 bits per heavy atom. The molecule has 1 heterocycles. The van der Waals surface area contributed by atoms with Crippen LogP contribution in [-0.2, 0) is 19.1 Å². The maximum Gasteiger partial charge on any atom is 0.332 e. The number of ether oxygens (including phenoxy) is 2. The van der Waals surface area contributed by atoms with Crippen LogP contribution in [-0.4, -0.2) is 48.9 Å². The van der Waals surface area contributed by atoms with Gasteiger partial charge in [0.05, 0.1) is 0 Å². The van der Waals surface area contributed by atoms with E-state index in [4.69, 9.17) is 14.6 Å². The predicted molar refractivity (Wildman–Crippen MR) is 68.8 cm³/mol. The van der Waals surface area contributed by atoms with Gasteiger partial charge in [-0.1, -0.05) is 13.8 Å². The summed E-state index contributed by atoms with van der Waals surface area (Å²) < 4.78 is 10.5. The quantitative estimate of drug-likeness (QED) is 0.639. The van der Waals surface area contributed by atoms with Gasteiger partial charge < -0.3 is 19.9 Å². The second kappa shape index (κ2) is 8.12. The summed E-state index contributed by atoms with van der Waals surface area (Å²) in [5, 5.41) is 11.5. The molecule has 2 N–H and O–H groups in total. The summed E-state index contributed by atoms with van der Waals surface area (Å²) in [6, 6.07) is 0. The van der Waals surface area contributed by atoms with Gasteiger partial charge in [-0.15, -0.1) is 0 Å². The Morgan fingerprint density at radius 3 is 2.63 bits per heavy atom. The maximum atomic E-state index is 11.7. The lowest BCUT2D eigenvalue weighted by atomic mass is 10.2. The van der Waals surface area contributed by atoms with E-state index in [0.717, 1.165) is 13.0 Å². The summed E-state index contributed by atoms with van der Waals surface area (Å²) in [4.78, 5) is 22.4. The number of carboxylic acid groups (broad SMARTS) is 1. The standard InChI is InChI=1S/C13H23NO5/c1-9(2)8-18-7-3-6-14-12(15)10-4-5-11(19-10)13(16)17/h9-11H,3-8H2,1-2H3,(H,14,15)(H,16,17). The van der Waals surface area contributed by atoms with Crippen LogP contribution in [0.4, 0.5) is 0 Å². The van der Waals surface area contributed by atoms with Crippen molar-refractivity contribution in [1.29, 1.82) is 0 Å². The summed E-state index contributed by atoms with van der Waals surface area (Å²) in [5.74, 6) is -0.723. The molecule has 110 valence electrons. The van der Waals surface area contributed by atoms with Crippen molar-refractivity contribution in [2.45, 2.75) is 45.3 Å². The third kappa shape index (κ3) is 6.02. The van der Waals surface area contributed by atoms with Gasteiger partial charge in [-0.05, 0) is 25.2 Å². The van der Waals surface area contributed by atoms with Crippen molar-refractivity contribution in [3.05, 3.63) is 0 Å². The Hall–Kier alpha value is -1.14. The molecular weight excluding hydrogens is 250 g/mol. The average molecular weight is 273 g/mol. The molecule has 0 bridgehead atoms. The highest BCUT2D eigenvalue weighted by atomic mass is 16.5. The molecule has 6 nitrogen and oxygen atoms in total. The van der Waals surface area contributed by atoms with Crippen LogP contribution in [0.25, 0.3) is 0 Å². The molecule has 1 aliphatic rings. The van der Waals surface area contributed by atoms with Crippen LogP contribution in [0.1, 0.15) is 33.1 Å². The SMILES string of the molecule is CC(C)COCCCNC(=O)C1CCC(C(=O)O)O1. The van der Waals surface area contributed by atoms with Crippen LogP contribution in [0.15, 0.2) is 0 Å². The van der Waals surface area contributed by atoms with E-state index < -0.39 is 18.2 Å². The molecule has 1 amide bonds. The minimum absolute atomic E-state index is 0.229. The lowest BCUT2D eigenvalue weighted by Gasteiger charge is -2.12. The van der Waals surface area contributed by atoms with Crippen molar-refractivity contribution in [2.24, 2.45) is 5.92 Å². The van der Waals surface area contributed by atoms with E-state index in [9.17, 15) is 9.59 Å². The summed E-state index contributed by atoms with van der Waals surface area (Å²) in [6.07, 6.45) is 0.133. The number of amides is 1. The third-order valence-electron chi connectivity index (χ3n) is 2.80. The van der Waals surface area contributed by atoms with Gasteiger partial charge in [0, 0.05) is 19.8 Å². The van der Waals surface area contributed by atoms with Gasteiger partial charge in [0.1, 0.15) is 6.10 Å². The van der Waals surface area contributed by atoms with Gasteiger partial charge in [-0.3, -0.25) is 4.79 Å². The smallest absolute Gasteiger partial charge is 0.332 e. The minimum atomic E-state index is -1.00. The number of nitrogens with one attached hydrogen (secondary N) is 1. The fraction of sp³-hybridized carbons (Fsp3) is 0.846. The number of carboxylic acids is 1. The first-order valence-corrected chi connectivity index (χ1v) is 6.74. The zero-order chi connectivity index (χ0) is 14.3. The van der Waals surface area contributed by atoms with Crippen LogP contribution in [0.3, 0.4) is 0 Å². The molecule has 19 heavy (non-hydrogen) atoms. The second-order valence-electron chi connectivity index (χ2n) is 5.14. The van der Waals surface area contributed by atoms with E-state index in [1.165, 1.54) is 0 Å². The molecule has 1 aliphatic heterocycles. The number of carbonyl (C=O) groups is 2. The molecule has 1 rings (SSSR count).